The van der Waals surface area contributed by atoms with Crippen molar-refractivity contribution < 1.29 is 17.9 Å². The van der Waals surface area contributed by atoms with Gasteiger partial charge in [-0.05, 0) is 49.6 Å². The van der Waals surface area contributed by atoms with Crippen LogP contribution in [0, 0.1) is 0 Å². The van der Waals surface area contributed by atoms with Gasteiger partial charge in [-0.25, -0.2) is 13.1 Å². The van der Waals surface area contributed by atoms with E-state index in [0.717, 1.165) is 17.1 Å². The standard InChI is InChI=1S/C17H22N2O4S2/c1-13(2)23-16-8-6-15(7-9-16)19(14(3)20)11-10-18-25(21,22)17-5-4-12-24-17/h4-9,12-13,18H,10-11H2,1-3H3. The number of carbonyl (C=O) groups excluding carboxylic acids is 1. The molecule has 1 N–H and O–H groups in total. The van der Waals surface area contributed by atoms with Crippen molar-refractivity contribution in [1.82, 2.24) is 4.72 Å². The third kappa shape index (κ3) is 5.55. The summed E-state index contributed by atoms with van der Waals surface area (Å²) in [5.74, 6) is 0.563. The molecule has 0 fully saturated rings. The van der Waals surface area contributed by atoms with Crippen LogP contribution in [0.15, 0.2) is 46.0 Å². The smallest absolute Gasteiger partial charge is 0.250 e. The van der Waals surface area contributed by atoms with Gasteiger partial charge in [-0.1, -0.05) is 6.07 Å². The number of rotatable bonds is 8. The minimum absolute atomic E-state index is 0.0708. The van der Waals surface area contributed by atoms with Gasteiger partial charge in [0.1, 0.15) is 9.96 Å². The van der Waals surface area contributed by atoms with E-state index in [1.165, 1.54) is 11.8 Å². The summed E-state index contributed by atoms with van der Waals surface area (Å²) < 4.78 is 32.6. The number of hydrogen-bond donors (Lipinski definition) is 1. The summed E-state index contributed by atoms with van der Waals surface area (Å²) in [5, 5.41) is 1.71. The second kappa shape index (κ2) is 8.46. The molecule has 0 spiro atoms. The molecule has 1 aromatic carbocycles. The highest BCUT2D eigenvalue weighted by molar-refractivity contribution is 7.91. The summed E-state index contributed by atoms with van der Waals surface area (Å²) in [4.78, 5) is 13.4. The average Bonchev–Trinajstić information content (AvgIpc) is 3.07. The van der Waals surface area contributed by atoms with E-state index >= 15 is 0 Å². The molecule has 0 aliphatic heterocycles. The van der Waals surface area contributed by atoms with Gasteiger partial charge in [-0.2, -0.15) is 0 Å². The Morgan fingerprint density at radius 3 is 2.44 bits per heavy atom. The third-order valence-electron chi connectivity index (χ3n) is 3.29. The Kier molecular flexibility index (Phi) is 6.57. The summed E-state index contributed by atoms with van der Waals surface area (Å²) in [5.41, 5.74) is 0.693. The topological polar surface area (TPSA) is 75.7 Å². The Hall–Kier alpha value is -1.90. The maximum atomic E-state index is 12.1. The first-order valence-corrected chi connectivity index (χ1v) is 10.2. The number of nitrogens with one attached hydrogen (secondary N) is 1. The number of nitrogens with zero attached hydrogens (tertiary/aromatic N) is 1. The van der Waals surface area contributed by atoms with E-state index in [0.29, 0.717) is 5.69 Å². The van der Waals surface area contributed by atoms with E-state index in [4.69, 9.17) is 4.74 Å². The van der Waals surface area contributed by atoms with Gasteiger partial charge in [0.15, 0.2) is 0 Å². The lowest BCUT2D eigenvalue weighted by atomic mass is 10.2. The normalized spacial score (nSPS) is 11.5. The molecular formula is C17H22N2O4S2. The number of carbonyl (C=O) groups is 1. The zero-order valence-corrected chi connectivity index (χ0v) is 16.1. The van der Waals surface area contributed by atoms with Crippen molar-refractivity contribution in [2.24, 2.45) is 0 Å². The fourth-order valence-corrected chi connectivity index (χ4v) is 4.28. The molecule has 0 saturated carbocycles. The minimum atomic E-state index is -3.53. The number of sulfonamides is 1. The van der Waals surface area contributed by atoms with Crippen molar-refractivity contribution in [1.29, 1.82) is 0 Å². The molecule has 0 unspecified atom stereocenters. The molecule has 25 heavy (non-hydrogen) atoms. The van der Waals surface area contributed by atoms with Crippen LogP contribution in [0.5, 0.6) is 5.75 Å². The Morgan fingerprint density at radius 2 is 1.92 bits per heavy atom. The second-order valence-electron chi connectivity index (χ2n) is 5.66. The molecule has 0 atom stereocenters. The molecule has 0 aliphatic rings. The molecule has 0 bridgehead atoms. The van der Waals surface area contributed by atoms with Gasteiger partial charge in [0, 0.05) is 25.7 Å². The zero-order chi connectivity index (χ0) is 18.4. The second-order valence-corrected chi connectivity index (χ2v) is 8.60. The maximum Gasteiger partial charge on any atom is 0.250 e. The monoisotopic (exact) mass is 382 g/mol. The van der Waals surface area contributed by atoms with Gasteiger partial charge >= 0.3 is 0 Å². The van der Waals surface area contributed by atoms with E-state index in [9.17, 15) is 13.2 Å². The number of hydrogen-bond acceptors (Lipinski definition) is 5. The molecular weight excluding hydrogens is 360 g/mol. The van der Waals surface area contributed by atoms with Crippen LogP contribution in [0.4, 0.5) is 5.69 Å². The summed E-state index contributed by atoms with van der Waals surface area (Å²) in [7, 11) is -3.53. The van der Waals surface area contributed by atoms with Crippen molar-refractivity contribution in [3.63, 3.8) is 0 Å². The van der Waals surface area contributed by atoms with Crippen molar-refractivity contribution >= 4 is 33.0 Å². The largest absolute Gasteiger partial charge is 0.491 e. The summed E-state index contributed by atoms with van der Waals surface area (Å²) >= 11 is 1.15. The molecule has 0 radical (unpaired) electrons. The highest BCUT2D eigenvalue weighted by Gasteiger charge is 2.17. The number of thiophene rings is 1. The Bertz CT molecular complexity index is 785. The lowest BCUT2D eigenvalue weighted by Crippen LogP contribution is -2.37. The van der Waals surface area contributed by atoms with Gasteiger partial charge in [0.05, 0.1) is 6.10 Å². The molecule has 136 valence electrons. The van der Waals surface area contributed by atoms with Crippen LogP contribution in [0.25, 0.3) is 0 Å². The SMILES string of the molecule is CC(=O)N(CCNS(=O)(=O)c1cccs1)c1ccc(OC(C)C)cc1. The summed E-state index contributed by atoms with van der Waals surface area (Å²) in [6.45, 7) is 5.70. The summed E-state index contributed by atoms with van der Waals surface area (Å²) in [6, 6.07) is 10.4. The van der Waals surface area contributed by atoms with Crippen LogP contribution < -0.4 is 14.4 Å². The molecule has 2 rings (SSSR count). The van der Waals surface area contributed by atoms with Crippen LogP contribution in [-0.2, 0) is 14.8 Å². The first-order chi connectivity index (χ1) is 11.8. The fraction of sp³-hybridized carbons (Fsp3) is 0.353. The molecule has 6 nitrogen and oxygen atoms in total. The number of anilines is 1. The van der Waals surface area contributed by atoms with Crippen LogP contribution in [-0.4, -0.2) is 33.5 Å². The van der Waals surface area contributed by atoms with E-state index < -0.39 is 10.0 Å². The summed E-state index contributed by atoms with van der Waals surface area (Å²) in [6.07, 6.45) is 0.0708. The molecule has 1 heterocycles. The van der Waals surface area contributed by atoms with Crippen LogP contribution >= 0.6 is 11.3 Å². The number of amides is 1. The van der Waals surface area contributed by atoms with E-state index in [-0.39, 0.29) is 29.3 Å². The quantitative estimate of drug-likeness (QED) is 0.762. The van der Waals surface area contributed by atoms with Gasteiger partial charge in [-0.3, -0.25) is 4.79 Å². The van der Waals surface area contributed by atoms with Crippen molar-refractivity contribution in [3.05, 3.63) is 41.8 Å². The van der Waals surface area contributed by atoms with Crippen molar-refractivity contribution in [2.75, 3.05) is 18.0 Å². The van der Waals surface area contributed by atoms with Gasteiger partial charge in [-0.15, -0.1) is 11.3 Å². The highest BCUT2D eigenvalue weighted by Crippen LogP contribution is 2.20. The Balaban J connectivity index is 2.00. The van der Waals surface area contributed by atoms with Crippen LogP contribution in [0.2, 0.25) is 0 Å². The third-order valence-corrected chi connectivity index (χ3v) is 6.15. The van der Waals surface area contributed by atoms with Gasteiger partial charge in [0.2, 0.25) is 15.9 Å². The van der Waals surface area contributed by atoms with Gasteiger partial charge < -0.3 is 9.64 Å². The molecule has 8 heteroatoms. The van der Waals surface area contributed by atoms with E-state index in [2.05, 4.69) is 4.72 Å². The highest BCUT2D eigenvalue weighted by atomic mass is 32.2. The average molecular weight is 383 g/mol. The molecule has 1 amide bonds. The fourth-order valence-electron chi connectivity index (χ4n) is 2.22. The van der Waals surface area contributed by atoms with Crippen molar-refractivity contribution in [2.45, 2.75) is 31.1 Å². The van der Waals surface area contributed by atoms with Crippen LogP contribution in [0.1, 0.15) is 20.8 Å². The van der Waals surface area contributed by atoms with Crippen molar-refractivity contribution in [3.8, 4) is 5.75 Å². The predicted molar refractivity (Wildman–Crippen MR) is 99.7 cm³/mol. The molecule has 0 aliphatic carbocycles. The molecule has 2 aromatic rings. The van der Waals surface area contributed by atoms with Crippen LogP contribution in [0.3, 0.4) is 0 Å². The minimum Gasteiger partial charge on any atom is -0.491 e. The maximum absolute atomic E-state index is 12.1. The predicted octanol–water partition coefficient (Wildman–Crippen LogP) is 2.87. The first-order valence-electron chi connectivity index (χ1n) is 7.87. The van der Waals surface area contributed by atoms with Gasteiger partial charge in [0.25, 0.3) is 0 Å². The molecule has 0 saturated heterocycles. The molecule has 1 aromatic heterocycles. The number of ether oxygens (including phenoxy) is 1. The lowest BCUT2D eigenvalue weighted by Gasteiger charge is -2.22. The Labute approximate surface area is 152 Å². The zero-order valence-electron chi connectivity index (χ0n) is 14.4. The Morgan fingerprint density at radius 1 is 1.24 bits per heavy atom. The number of benzene rings is 1. The van der Waals surface area contributed by atoms with E-state index in [1.54, 1.807) is 41.8 Å². The van der Waals surface area contributed by atoms with E-state index in [1.807, 2.05) is 13.8 Å². The lowest BCUT2D eigenvalue weighted by molar-refractivity contribution is -0.116. The first kappa shape index (κ1) is 19.4.